The third kappa shape index (κ3) is 42.5. The van der Waals surface area contributed by atoms with Gasteiger partial charge in [0.2, 0.25) is 0 Å². The zero-order valence-corrected chi connectivity index (χ0v) is 47.5. The summed E-state index contributed by atoms with van der Waals surface area (Å²) < 4.78 is 8.25. The Morgan fingerprint density at radius 2 is 0.406 bits per heavy atom. The van der Waals surface area contributed by atoms with E-state index in [1.54, 1.807) is 0 Å². The van der Waals surface area contributed by atoms with Gasteiger partial charge in [-0.2, -0.15) is 0 Å². The quantitative estimate of drug-likeness (QED) is 0.0472. The number of hydrogen-bond donors (Lipinski definition) is 2. The molecule has 0 saturated heterocycles. The van der Waals surface area contributed by atoms with Crippen LogP contribution in [0.3, 0.4) is 0 Å². The van der Waals surface area contributed by atoms with E-state index >= 15 is 0 Å². The van der Waals surface area contributed by atoms with Gasteiger partial charge in [-0.25, -0.2) is 0 Å². The molecule has 0 aromatic carbocycles. The van der Waals surface area contributed by atoms with Gasteiger partial charge in [0, 0.05) is 0 Å². The van der Waals surface area contributed by atoms with Crippen LogP contribution < -0.4 is 0 Å². The standard InChI is InChI=1S/2C30H62O.O.Ti/c2*1-5-9-13-14-15-16-17-18-19-20-21-22-23-24-28-30(26-11-7-3,27-12-8-4)29(31)25-10-6-2;;/h2*29,31H,5-28H2,1-4H3;;. The minimum absolute atomic E-state index is 0.0764. The first-order valence-electron chi connectivity index (χ1n) is 29.9. The summed E-state index contributed by atoms with van der Waals surface area (Å²) in [7, 11) is 0. The van der Waals surface area contributed by atoms with Crippen molar-refractivity contribution in [2.45, 2.75) is 376 Å². The van der Waals surface area contributed by atoms with Crippen LogP contribution in [-0.4, -0.2) is 22.4 Å². The maximum atomic E-state index is 11.1. The molecule has 0 heterocycles. The van der Waals surface area contributed by atoms with E-state index in [-0.39, 0.29) is 23.0 Å². The van der Waals surface area contributed by atoms with Crippen molar-refractivity contribution in [2.75, 3.05) is 0 Å². The molecule has 0 amide bonds. The van der Waals surface area contributed by atoms with Crippen LogP contribution in [0.25, 0.3) is 0 Å². The zero-order valence-electron chi connectivity index (χ0n) is 45.9. The third-order valence-electron chi connectivity index (χ3n) is 15.2. The Hall–Kier alpha value is 0.434. The molecule has 0 aliphatic heterocycles. The van der Waals surface area contributed by atoms with Crippen LogP contribution in [0.15, 0.2) is 0 Å². The molecule has 0 aliphatic carbocycles. The molecule has 0 spiro atoms. The van der Waals surface area contributed by atoms with Crippen molar-refractivity contribution >= 4 is 0 Å². The second-order valence-electron chi connectivity index (χ2n) is 21.1. The van der Waals surface area contributed by atoms with Crippen LogP contribution in [0.2, 0.25) is 0 Å². The van der Waals surface area contributed by atoms with Crippen molar-refractivity contribution in [3.63, 3.8) is 0 Å². The molecule has 2 N–H and O–H groups in total. The molecule has 2 unspecified atom stereocenters. The molecule has 0 aliphatic rings. The molecule has 0 bridgehead atoms. The van der Waals surface area contributed by atoms with Crippen molar-refractivity contribution in [3.05, 3.63) is 0 Å². The third-order valence-corrected chi connectivity index (χ3v) is 15.2. The Labute approximate surface area is 418 Å². The van der Waals surface area contributed by atoms with E-state index in [1.807, 2.05) is 0 Å². The summed E-state index contributed by atoms with van der Waals surface area (Å²) in [6.07, 6.45) is 64.2. The summed E-state index contributed by atoms with van der Waals surface area (Å²) in [5.74, 6) is 0. The van der Waals surface area contributed by atoms with E-state index in [0.29, 0.717) is 0 Å². The molecular formula is C60H124O3Ti. The van der Waals surface area contributed by atoms with Gasteiger partial charge in [-0.05, 0) is 62.2 Å². The molecule has 0 radical (unpaired) electrons. The van der Waals surface area contributed by atoms with Crippen LogP contribution in [0.1, 0.15) is 364 Å². The van der Waals surface area contributed by atoms with Gasteiger partial charge in [0.05, 0.1) is 12.2 Å². The molecule has 0 saturated carbocycles. The Morgan fingerprint density at radius 1 is 0.250 bits per heavy atom. The molecule has 0 aromatic heterocycles. The van der Waals surface area contributed by atoms with Gasteiger partial charge < -0.3 is 10.2 Å². The van der Waals surface area contributed by atoms with Gasteiger partial charge in [-0.15, -0.1) is 0 Å². The predicted molar refractivity (Wildman–Crippen MR) is 285 cm³/mol. The van der Waals surface area contributed by atoms with Crippen LogP contribution in [-0.2, 0) is 23.7 Å². The van der Waals surface area contributed by atoms with E-state index in [0.717, 1.165) is 33.2 Å². The van der Waals surface area contributed by atoms with Crippen molar-refractivity contribution < 1.29 is 33.9 Å². The average molecular weight is 942 g/mol. The summed E-state index contributed by atoms with van der Waals surface area (Å²) in [6, 6.07) is 0. The first kappa shape index (κ1) is 68.7. The predicted octanol–water partition coefficient (Wildman–Crippen LogP) is 21.4. The maximum absolute atomic E-state index is 11.1. The molecular weight excluding hydrogens is 817 g/mol. The van der Waals surface area contributed by atoms with Gasteiger partial charge in [0.1, 0.15) is 0 Å². The van der Waals surface area contributed by atoms with Crippen molar-refractivity contribution in [1.82, 2.24) is 0 Å². The van der Waals surface area contributed by atoms with Crippen molar-refractivity contribution in [2.24, 2.45) is 10.8 Å². The average Bonchev–Trinajstić information content (AvgIpc) is 3.32. The van der Waals surface area contributed by atoms with Gasteiger partial charge in [-0.3, -0.25) is 0 Å². The molecule has 386 valence electrons. The Balaban J connectivity index is -0.00000112. The fraction of sp³-hybridized carbons (Fsp3) is 1.00. The summed E-state index contributed by atoms with van der Waals surface area (Å²) in [4.78, 5) is 0. The molecule has 0 fully saturated rings. The van der Waals surface area contributed by atoms with E-state index in [2.05, 4.69) is 55.4 Å². The Kier molecular flexibility index (Phi) is 60.1. The van der Waals surface area contributed by atoms with Gasteiger partial charge >= 0.3 is 23.7 Å². The topological polar surface area (TPSA) is 57.5 Å². The summed E-state index contributed by atoms with van der Waals surface area (Å²) >= 11 is 0.750. The van der Waals surface area contributed by atoms with Crippen LogP contribution in [0.5, 0.6) is 0 Å². The first-order valence-corrected chi connectivity index (χ1v) is 30.5. The number of hydrogen-bond acceptors (Lipinski definition) is 3. The normalized spacial score (nSPS) is 12.7. The van der Waals surface area contributed by atoms with E-state index < -0.39 is 0 Å². The molecule has 0 rings (SSSR count). The number of rotatable bonds is 50. The molecule has 64 heavy (non-hydrogen) atoms. The van der Waals surface area contributed by atoms with Gasteiger partial charge in [0.15, 0.2) is 0 Å². The fourth-order valence-corrected chi connectivity index (χ4v) is 10.6. The Bertz CT molecular complexity index is 752. The van der Waals surface area contributed by atoms with Gasteiger partial charge in [0.25, 0.3) is 0 Å². The van der Waals surface area contributed by atoms with Crippen LogP contribution in [0, 0.1) is 10.8 Å². The fourth-order valence-electron chi connectivity index (χ4n) is 10.6. The van der Waals surface area contributed by atoms with E-state index in [1.165, 1.54) is 295 Å². The Morgan fingerprint density at radius 3 is 0.594 bits per heavy atom. The second-order valence-corrected chi connectivity index (χ2v) is 21.1. The SMILES string of the molecule is CCCCCCCCCCCCCCCCC(CCCC)(CCCC)C(O)CCCC.CCCCCCCCCCCCCCCCC(CCCC)(CCCC)C(O)CCCC.[O]=[Ti]. The molecule has 2 atom stereocenters. The summed E-state index contributed by atoms with van der Waals surface area (Å²) in [5, 5.41) is 22.3. The first-order chi connectivity index (χ1) is 31.3. The molecule has 3 nitrogen and oxygen atoms in total. The van der Waals surface area contributed by atoms with E-state index in [4.69, 9.17) is 3.32 Å². The number of unbranched alkanes of at least 4 members (excludes halogenated alkanes) is 32. The minimum atomic E-state index is -0.0764. The van der Waals surface area contributed by atoms with Gasteiger partial charge in [-0.1, -0.05) is 312 Å². The molecule has 0 aromatic rings. The molecule has 4 heteroatoms. The number of aliphatic hydroxyl groups excluding tert-OH is 2. The van der Waals surface area contributed by atoms with E-state index in [9.17, 15) is 10.2 Å². The van der Waals surface area contributed by atoms with Crippen molar-refractivity contribution in [1.29, 1.82) is 0 Å². The van der Waals surface area contributed by atoms with Crippen LogP contribution >= 0.6 is 0 Å². The second kappa shape index (κ2) is 56.0. The summed E-state index contributed by atoms with van der Waals surface area (Å²) in [6.45, 7) is 18.3. The zero-order chi connectivity index (χ0) is 48.1. The summed E-state index contributed by atoms with van der Waals surface area (Å²) in [5.41, 5.74) is 0.413. The monoisotopic (exact) mass is 941 g/mol. The number of aliphatic hydroxyl groups is 2. The van der Waals surface area contributed by atoms with Crippen LogP contribution in [0.4, 0.5) is 0 Å². The van der Waals surface area contributed by atoms with Crippen molar-refractivity contribution in [3.8, 4) is 0 Å².